The van der Waals surface area contributed by atoms with Crippen molar-refractivity contribution in [3.05, 3.63) is 29.8 Å². The monoisotopic (exact) mass is 215 g/mol. The molecule has 1 aromatic carbocycles. The Labute approximate surface area is 89.3 Å². The van der Waals surface area contributed by atoms with Crippen molar-refractivity contribution in [1.29, 1.82) is 0 Å². The summed E-state index contributed by atoms with van der Waals surface area (Å²) in [5, 5.41) is 2.71. The van der Waals surface area contributed by atoms with Crippen molar-refractivity contribution in [2.24, 2.45) is 5.84 Å². The Morgan fingerprint density at radius 2 is 1.93 bits per heavy atom. The molecule has 0 aromatic heterocycles. The first-order chi connectivity index (χ1) is 6.22. The van der Waals surface area contributed by atoms with Crippen LogP contribution in [0.25, 0.3) is 0 Å². The van der Waals surface area contributed by atoms with Crippen molar-refractivity contribution in [2.75, 3.05) is 5.43 Å². The van der Waals surface area contributed by atoms with Crippen molar-refractivity contribution in [3.8, 4) is 0 Å². The fourth-order valence-corrected chi connectivity index (χ4v) is 0.945. The van der Waals surface area contributed by atoms with Crippen LogP contribution in [0.3, 0.4) is 0 Å². The van der Waals surface area contributed by atoms with Crippen LogP contribution in [-0.2, 0) is 11.3 Å². The number of nitrogens with one attached hydrogen (secondary N) is 2. The molecule has 4 nitrogen and oxygen atoms in total. The number of anilines is 1. The zero-order valence-corrected chi connectivity index (χ0v) is 8.73. The minimum absolute atomic E-state index is 0. The maximum atomic E-state index is 10.6. The second-order valence-corrected chi connectivity index (χ2v) is 2.75. The topological polar surface area (TPSA) is 67.2 Å². The van der Waals surface area contributed by atoms with Gasteiger partial charge in [0, 0.05) is 19.2 Å². The molecule has 0 bridgehead atoms. The summed E-state index contributed by atoms with van der Waals surface area (Å²) in [5.41, 5.74) is 4.44. The second-order valence-electron chi connectivity index (χ2n) is 2.75. The van der Waals surface area contributed by atoms with Crippen molar-refractivity contribution in [1.82, 2.24) is 5.32 Å². The molecule has 1 rings (SSSR count). The maximum absolute atomic E-state index is 10.6. The summed E-state index contributed by atoms with van der Waals surface area (Å²) in [6.45, 7) is 2.05. The maximum Gasteiger partial charge on any atom is 0.217 e. The normalized spacial score (nSPS) is 8.71. The van der Waals surface area contributed by atoms with E-state index in [-0.39, 0.29) is 18.3 Å². The lowest BCUT2D eigenvalue weighted by Crippen LogP contribution is -2.18. The van der Waals surface area contributed by atoms with Crippen molar-refractivity contribution in [3.63, 3.8) is 0 Å². The number of amides is 1. The average molecular weight is 216 g/mol. The minimum Gasteiger partial charge on any atom is -0.352 e. The highest BCUT2D eigenvalue weighted by atomic mass is 35.5. The van der Waals surface area contributed by atoms with Gasteiger partial charge in [-0.25, -0.2) is 0 Å². The molecule has 0 radical (unpaired) electrons. The van der Waals surface area contributed by atoms with E-state index in [2.05, 4.69) is 10.7 Å². The van der Waals surface area contributed by atoms with Crippen LogP contribution in [0, 0.1) is 0 Å². The van der Waals surface area contributed by atoms with Crippen molar-refractivity contribution >= 4 is 24.0 Å². The average Bonchev–Trinajstić information content (AvgIpc) is 2.15. The molecule has 0 saturated carbocycles. The number of carbonyl (C=O) groups excluding carboxylic acids is 1. The van der Waals surface area contributed by atoms with E-state index >= 15 is 0 Å². The number of nitrogen functional groups attached to an aromatic ring is 1. The molecule has 0 aliphatic carbocycles. The van der Waals surface area contributed by atoms with Crippen LogP contribution in [0.4, 0.5) is 5.69 Å². The van der Waals surface area contributed by atoms with Gasteiger partial charge < -0.3 is 10.7 Å². The van der Waals surface area contributed by atoms with Gasteiger partial charge in [0.05, 0.1) is 0 Å². The molecule has 0 saturated heterocycles. The van der Waals surface area contributed by atoms with Crippen molar-refractivity contribution < 1.29 is 4.79 Å². The Bertz CT molecular complexity index is 287. The first-order valence-corrected chi connectivity index (χ1v) is 4.02. The molecule has 1 amide bonds. The second kappa shape index (κ2) is 6.23. The van der Waals surface area contributed by atoms with Crippen LogP contribution in [0.2, 0.25) is 0 Å². The van der Waals surface area contributed by atoms with Gasteiger partial charge >= 0.3 is 0 Å². The van der Waals surface area contributed by atoms with Gasteiger partial charge in [0.15, 0.2) is 0 Å². The number of rotatable bonds is 3. The van der Waals surface area contributed by atoms with E-state index in [1.165, 1.54) is 6.92 Å². The van der Waals surface area contributed by atoms with Crippen LogP contribution in [-0.4, -0.2) is 5.91 Å². The van der Waals surface area contributed by atoms with Crippen LogP contribution < -0.4 is 16.6 Å². The molecular formula is C9H14ClN3O. The third-order valence-corrected chi connectivity index (χ3v) is 1.66. The molecular weight excluding hydrogens is 202 g/mol. The summed E-state index contributed by atoms with van der Waals surface area (Å²) < 4.78 is 0. The number of hydrazine groups is 1. The smallest absolute Gasteiger partial charge is 0.217 e. The van der Waals surface area contributed by atoms with Gasteiger partial charge in [-0.15, -0.1) is 12.4 Å². The quantitative estimate of drug-likeness (QED) is 0.521. The van der Waals surface area contributed by atoms with Crippen LogP contribution in [0.1, 0.15) is 12.5 Å². The number of benzene rings is 1. The first kappa shape index (κ1) is 12.7. The Kier molecular flexibility index (Phi) is 5.67. The molecule has 14 heavy (non-hydrogen) atoms. The Morgan fingerprint density at radius 1 is 1.36 bits per heavy atom. The predicted octanol–water partition coefficient (Wildman–Crippen LogP) is 1.03. The largest absolute Gasteiger partial charge is 0.352 e. The van der Waals surface area contributed by atoms with E-state index in [0.29, 0.717) is 6.54 Å². The fraction of sp³-hybridized carbons (Fsp3) is 0.222. The Morgan fingerprint density at radius 3 is 2.36 bits per heavy atom. The Balaban J connectivity index is 0.00000169. The van der Waals surface area contributed by atoms with Gasteiger partial charge in [-0.05, 0) is 17.7 Å². The molecule has 0 fully saturated rings. The molecule has 78 valence electrons. The summed E-state index contributed by atoms with van der Waals surface area (Å²) in [4.78, 5) is 10.6. The number of nitrogens with two attached hydrogens (primary N) is 1. The summed E-state index contributed by atoms with van der Waals surface area (Å²) in [6.07, 6.45) is 0. The van der Waals surface area contributed by atoms with E-state index in [1.807, 2.05) is 24.3 Å². The highest BCUT2D eigenvalue weighted by molar-refractivity contribution is 5.85. The number of carbonyl (C=O) groups is 1. The van der Waals surface area contributed by atoms with E-state index in [4.69, 9.17) is 5.84 Å². The SMILES string of the molecule is CC(=O)NCc1ccc(NN)cc1.Cl. The lowest BCUT2D eigenvalue weighted by atomic mass is 10.2. The third-order valence-electron chi connectivity index (χ3n) is 1.66. The van der Waals surface area contributed by atoms with Crippen LogP contribution in [0.5, 0.6) is 0 Å². The van der Waals surface area contributed by atoms with Gasteiger partial charge in [-0.3, -0.25) is 10.6 Å². The minimum atomic E-state index is -0.0268. The zero-order valence-electron chi connectivity index (χ0n) is 7.91. The molecule has 0 atom stereocenters. The van der Waals surface area contributed by atoms with Gasteiger partial charge in [0.2, 0.25) is 5.91 Å². The summed E-state index contributed by atoms with van der Waals surface area (Å²) in [6, 6.07) is 7.53. The molecule has 5 heteroatoms. The van der Waals surface area contributed by atoms with E-state index in [1.54, 1.807) is 0 Å². The van der Waals surface area contributed by atoms with Gasteiger partial charge in [-0.2, -0.15) is 0 Å². The number of halogens is 1. The lowest BCUT2D eigenvalue weighted by molar-refractivity contribution is -0.119. The Hall–Kier alpha value is -1.26. The molecule has 0 aliphatic heterocycles. The highest BCUT2D eigenvalue weighted by Gasteiger charge is 1.94. The van der Waals surface area contributed by atoms with Crippen LogP contribution >= 0.6 is 12.4 Å². The van der Waals surface area contributed by atoms with E-state index < -0.39 is 0 Å². The molecule has 0 heterocycles. The molecule has 0 aliphatic rings. The van der Waals surface area contributed by atoms with E-state index in [0.717, 1.165) is 11.3 Å². The van der Waals surface area contributed by atoms with Gasteiger partial charge in [0.25, 0.3) is 0 Å². The van der Waals surface area contributed by atoms with Crippen molar-refractivity contribution in [2.45, 2.75) is 13.5 Å². The number of hydrogen-bond acceptors (Lipinski definition) is 3. The fourth-order valence-electron chi connectivity index (χ4n) is 0.945. The molecule has 0 unspecified atom stereocenters. The lowest BCUT2D eigenvalue weighted by Gasteiger charge is -2.03. The van der Waals surface area contributed by atoms with Gasteiger partial charge in [0.1, 0.15) is 0 Å². The highest BCUT2D eigenvalue weighted by Crippen LogP contribution is 2.07. The summed E-state index contributed by atoms with van der Waals surface area (Å²) in [7, 11) is 0. The summed E-state index contributed by atoms with van der Waals surface area (Å²) >= 11 is 0. The summed E-state index contributed by atoms with van der Waals surface area (Å²) in [5.74, 6) is 5.18. The molecule has 0 spiro atoms. The standard InChI is InChI=1S/C9H13N3O.ClH/c1-7(13)11-6-8-2-4-9(12-10)5-3-8;/h2-5,12H,6,10H2,1H3,(H,11,13);1H. The van der Waals surface area contributed by atoms with Gasteiger partial charge in [-0.1, -0.05) is 12.1 Å². The molecule has 4 N–H and O–H groups in total. The molecule has 1 aromatic rings. The zero-order chi connectivity index (χ0) is 9.68. The van der Waals surface area contributed by atoms with Crippen LogP contribution in [0.15, 0.2) is 24.3 Å². The predicted molar refractivity (Wildman–Crippen MR) is 59.0 cm³/mol. The first-order valence-electron chi connectivity index (χ1n) is 4.02. The third kappa shape index (κ3) is 4.11. The van der Waals surface area contributed by atoms with E-state index in [9.17, 15) is 4.79 Å². The number of hydrogen-bond donors (Lipinski definition) is 3.